The zero-order chi connectivity index (χ0) is 21.0. The molecule has 0 spiro atoms. The van der Waals surface area contributed by atoms with Crippen LogP contribution in [0.4, 0.5) is 16.2 Å². The summed E-state index contributed by atoms with van der Waals surface area (Å²) in [5.41, 5.74) is 2.10. The van der Waals surface area contributed by atoms with Gasteiger partial charge in [-0.3, -0.25) is 14.2 Å². The number of hydrogen-bond donors (Lipinski definition) is 3. The van der Waals surface area contributed by atoms with Crippen molar-refractivity contribution >= 4 is 23.3 Å². The van der Waals surface area contributed by atoms with E-state index in [1.54, 1.807) is 17.9 Å². The van der Waals surface area contributed by atoms with Crippen molar-refractivity contribution in [1.82, 2.24) is 24.9 Å². The first kappa shape index (κ1) is 19.1. The van der Waals surface area contributed by atoms with E-state index in [4.69, 9.17) is 0 Å². The lowest BCUT2D eigenvalue weighted by molar-refractivity contribution is -0.0127. The van der Waals surface area contributed by atoms with Crippen LogP contribution in [-0.4, -0.2) is 37.0 Å². The molecule has 4 bridgehead atoms. The maximum atomic E-state index is 12.9. The van der Waals surface area contributed by atoms with Crippen LogP contribution < -0.4 is 16.0 Å². The van der Waals surface area contributed by atoms with Crippen LogP contribution in [0.3, 0.4) is 0 Å². The van der Waals surface area contributed by atoms with Gasteiger partial charge in [0.2, 0.25) is 0 Å². The molecular weight excluding hydrogens is 382 g/mol. The van der Waals surface area contributed by atoms with Crippen LogP contribution in [0.25, 0.3) is 0 Å². The molecule has 0 aliphatic heterocycles. The zero-order valence-corrected chi connectivity index (χ0v) is 17.7. The summed E-state index contributed by atoms with van der Waals surface area (Å²) in [4.78, 5) is 25.8. The summed E-state index contributed by atoms with van der Waals surface area (Å²) >= 11 is 0. The molecule has 9 heteroatoms. The molecule has 4 aliphatic carbocycles. The Morgan fingerprint density at radius 3 is 2.07 bits per heavy atom. The number of amides is 3. The number of aromatic nitrogens is 4. The molecule has 160 valence electrons. The van der Waals surface area contributed by atoms with Gasteiger partial charge in [-0.05, 0) is 63.2 Å². The fourth-order valence-electron chi connectivity index (χ4n) is 6.26. The SMILES string of the molecule is Cc1c(NC(=O)c2c(NC(=O)NC34CC5CC(CC(C5)C3)C4)cnn2C)cnn1C. The van der Waals surface area contributed by atoms with Gasteiger partial charge in [-0.15, -0.1) is 0 Å². The van der Waals surface area contributed by atoms with Crippen molar-refractivity contribution in [1.29, 1.82) is 0 Å². The quantitative estimate of drug-likeness (QED) is 0.719. The van der Waals surface area contributed by atoms with Crippen molar-refractivity contribution in [2.45, 2.75) is 51.0 Å². The Morgan fingerprint density at radius 2 is 1.50 bits per heavy atom. The van der Waals surface area contributed by atoms with E-state index >= 15 is 0 Å². The number of hydrogen-bond acceptors (Lipinski definition) is 4. The Bertz CT molecular complexity index is 970. The van der Waals surface area contributed by atoms with Crippen molar-refractivity contribution in [3.8, 4) is 0 Å². The molecule has 3 amide bonds. The molecule has 0 atom stereocenters. The maximum Gasteiger partial charge on any atom is 0.319 e. The third-order valence-corrected chi connectivity index (χ3v) is 7.30. The first-order valence-electron chi connectivity index (χ1n) is 10.7. The Morgan fingerprint density at radius 1 is 0.933 bits per heavy atom. The predicted octanol–water partition coefficient (Wildman–Crippen LogP) is 2.80. The van der Waals surface area contributed by atoms with E-state index in [1.807, 2.05) is 14.0 Å². The number of anilines is 2. The first-order chi connectivity index (χ1) is 14.3. The van der Waals surface area contributed by atoms with Gasteiger partial charge < -0.3 is 16.0 Å². The molecule has 30 heavy (non-hydrogen) atoms. The fourth-order valence-corrected chi connectivity index (χ4v) is 6.26. The smallest absolute Gasteiger partial charge is 0.319 e. The molecule has 0 aromatic carbocycles. The third-order valence-electron chi connectivity index (χ3n) is 7.30. The van der Waals surface area contributed by atoms with Gasteiger partial charge in [-0.25, -0.2) is 4.79 Å². The number of carbonyl (C=O) groups is 2. The number of aryl methyl sites for hydroxylation is 2. The molecule has 4 aliphatic rings. The minimum absolute atomic E-state index is 0.0870. The lowest BCUT2D eigenvalue weighted by atomic mass is 9.53. The number of rotatable bonds is 4. The van der Waals surface area contributed by atoms with E-state index in [9.17, 15) is 9.59 Å². The van der Waals surface area contributed by atoms with Crippen LogP contribution in [0, 0.1) is 24.7 Å². The molecule has 9 nitrogen and oxygen atoms in total. The molecular formula is C21H29N7O2. The van der Waals surface area contributed by atoms with E-state index in [0.717, 1.165) is 42.7 Å². The van der Waals surface area contributed by atoms with Gasteiger partial charge in [0.1, 0.15) is 5.69 Å². The topological polar surface area (TPSA) is 106 Å². The number of urea groups is 1. The minimum atomic E-state index is -0.337. The van der Waals surface area contributed by atoms with Crippen molar-refractivity contribution < 1.29 is 9.59 Å². The van der Waals surface area contributed by atoms with Crippen molar-refractivity contribution in [2.24, 2.45) is 31.8 Å². The van der Waals surface area contributed by atoms with Gasteiger partial charge in [0.05, 0.1) is 29.5 Å². The normalized spacial score (nSPS) is 29.1. The first-order valence-corrected chi connectivity index (χ1v) is 10.7. The average molecular weight is 412 g/mol. The van der Waals surface area contributed by atoms with E-state index in [1.165, 1.54) is 30.1 Å². The van der Waals surface area contributed by atoms with Crippen LogP contribution in [0.2, 0.25) is 0 Å². The Balaban J connectivity index is 1.29. The summed E-state index contributed by atoms with van der Waals surface area (Å²) in [6.45, 7) is 1.88. The Kier molecular flexibility index (Phi) is 4.37. The summed E-state index contributed by atoms with van der Waals surface area (Å²) < 4.78 is 3.16. The number of carbonyl (C=O) groups excluding carboxylic acids is 2. The van der Waals surface area contributed by atoms with Crippen LogP contribution in [0.5, 0.6) is 0 Å². The number of nitrogens with one attached hydrogen (secondary N) is 3. The van der Waals surface area contributed by atoms with Crippen molar-refractivity contribution in [2.75, 3.05) is 10.6 Å². The zero-order valence-electron chi connectivity index (χ0n) is 17.7. The van der Waals surface area contributed by atoms with E-state index in [0.29, 0.717) is 17.1 Å². The highest BCUT2D eigenvalue weighted by molar-refractivity contribution is 6.08. The summed E-state index contributed by atoms with van der Waals surface area (Å²) in [5, 5.41) is 17.3. The molecule has 0 radical (unpaired) electrons. The van der Waals surface area contributed by atoms with Gasteiger partial charge in [0.15, 0.2) is 0 Å². The molecule has 2 aromatic heterocycles. The van der Waals surface area contributed by atoms with Crippen LogP contribution in [0.1, 0.15) is 54.7 Å². The second-order valence-corrected chi connectivity index (χ2v) is 9.53. The van der Waals surface area contributed by atoms with Crippen LogP contribution in [-0.2, 0) is 14.1 Å². The third kappa shape index (κ3) is 3.26. The van der Waals surface area contributed by atoms with Crippen molar-refractivity contribution in [3.05, 3.63) is 23.8 Å². The molecule has 2 aromatic rings. The standard InChI is InChI=1S/C21H29N7O2/c1-12-16(10-22-27(12)2)24-19(29)18-17(11-23-28(18)3)25-20(30)26-21-7-13-4-14(8-21)6-15(5-13)9-21/h10-11,13-15H,4-9H2,1-3H3,(H,24,29)(H2,25,26,30). The van der Waals surface area contributed by atoms with E-state index in [-0.39, 0.29) is 17.5 Å². The lowest BCUT2D eigenvalue weighted by Crippen LogP contribution is -2.60. The largest absolute Gasteiger partial charge is 0.332 e. The highest BCUT2D eigenvalue weighted by Gasteiger charge is 2.51. The highest BCUT2D eigenvalue weighted by Crippen LogP contribution is 2.55. The summed E-state index contributed by atoms with van der Waals surface area (Å²) in [7, 11) is 3.50. The fraction of sp³-hybridized carbons (Fsp3) is 0.619. The maximum absolute atomic E-state index is 12.9. The molecule has 0 unspecified atom stereocenters. The average Bonchev–Trinajstić information content (AvgIpc) is 3.16. The second kappa shape index (κ2) is 6.85. The lowest BCUT2D eigenvalue weighted by Gasteiger charge is -2.56. The number of nitrogens with zero attached hydrogens (tertiary/aromatic N) is 4. The van der Waals surface area contributed by atoms with Crippen LogP contribution in [0.15, 0.2) is 12.4 Å². The predicted molar refractivity (Wildman–Crippen MR) is 112 cm³/mol. The van der Waals surface area contributed by atoms with Crippen molar-refractivity contribution in [3.63, 3.8) is 0 Å². The summed E-state index contributed by atoms with van der Waals surface area (Å²) in [5.74, 6) is 1.91. The molecule has 4 saturated carbocycles. The van der Waals surface area contributed by atoms with Gasteiger partial charge in [-0.1, -0.05) is 0 Å². The molecule has 4 fully saturated rings. The molecule has 2 heterocycles. The highest BCUT2D eigenvalue weighted by atomic mass is 16.2. The van der Waals surface area contributed by atoms with Gasteiger partial charge in [0, 0.05) is 19.6 Å². The van der Waals surface area contributed by atoms with Gasteiger partial charge in [0.25, 0.3) is 5.91 Å². The molecule has 0 saturated heterocycles. The summed E-state index contributed by atoms with van der Waals surface area (Å²) in [6, 6.07) is -0.253. The van der Waals surface area contributed by atoms with Crippen LogP contribution >= 0.6 is 0 Å². The van der Waals surface area contributed by atoms with E-state index < -0.39 is 0 Å². The monoisotopic (exact) mass is 411 g/mol. The van der Waals surface area contributed by atoms with Gasteiger partial charge >= 0.3 is 6.03 Å². The minimum Gasteiger partial charge on any atom is -0.332 e. The Hall–Kier alpha value is -2.84. The molecule has 3 N–H and O–H groups in total. The van der Waals surface area contributed by atoms with E-state index in [2.05, 4.69) is 26.1 Å². The van der Waals surface area contributed by atoms with Gasteiger partial charge in [-0.2, -0.15) is 10.2 Å². The Labute approximate surface area is 175 Å². The molecule has 6 rings (SSSR count). The summed E-state index contributed by atoms with van der Waals surface area (Å²) in [6.07, 6.45) is 10.3. The second-order valence-electron chi connectivity index (χ2n) is 9.53.